The maximum atomic E-state index is 12.0. The molecule has 0 spiro atoms. The van der Waals surface area contributed by atoms with Crippen molar-refractivity contribution in [1.29, 1.82) is 0 Å². The Balaban J connectivity index is 1.87. The van der Waals surface area contributed by atoms with E-state index in [4.69, 9.17) is 4.74 Å². The van der Waals surface area contributed by atoms with Gasteiger partial charge in [-0.25, -0.2) is 4.79 Å². The molecule has 1 aromatic carbocycles. The van der Waals surface area contributed by atoms with E-state index in [1.54, 1.807) is 0 Å². The molecule has 0 fully saturated rings. The number of nitrogens with one attached hydrogen (secondary N) is 2. The highest BCUT2D eigenvalue weighted by Crippen LogP contribution is 2.23. The van der Waals surface area contributed by atoms with Crippen molar-refractivity contribution in [1.82, 2.24) is 5.32 Å². The summed E-state index contributed by atoms with van der Waals surface area (Å²) in [6.07, 6.45) is 3.17. The molecule has 5 nitrogen and oxygen atoms in total. The lowest BCUT2D eigenvalue weighted by Crippen LogP contribution is -2.44. The highest BCUT2D eigenvalue weighted by atomic mass is 16.5. The number of carbonyl (C=O) groups is 1. The number of urea groups is 1. The number of aliphatic hydroxyl groups is 1. The molecule has 1 heterocycles. The fourth-order valence-electron chi connectivity index (χ4n) is 2.90. The van der Waals surface area contributed by atoms with Crippen LogP contribution in [-0.4, -0.2) is 23.3 Å². The van der Waals surface area contributed by atoms with Crippen LogP contribution in [0.2, 0.25) is 0 Å². The first-order chi connectivity index (χ1) is 10.6. The van der Waals surface area contributed by atoms with Crippen LogP contribution < -0.4 is 10.6 Å². The smallest absolute Gasteiger partial charge is 0.319 e. The van der Waals surface area contributed by atoms with E-state index in [1.807, 2.05) is 32.0 Å². The second-order valence-corrected chi connectivity index (χ2v) is 6.01. The first-order valence-electron chi connectivity index (χ1n) is 8.03. The van der Waals surface area contributed by atoms with Crippen molar-refractivity contribution in [2.75, 3.05) is 11.9 Å². The molecule has 5 heteroatoms. The maximum absolute atomic E-state index is 12.0. The monoisotopic (exact) mass is 306 g/mol. The summed E-state index contributed by atoms with van der Waals surface area (Å²) in [7, 11) is 0. The average molecular weight is 306 g/mol. The summed E-state index contributed by atoms with van der Waals surface area (Å²) in [4.78, 5) is 12.0. The van der Waals surface area contributed by atoms with Crippen LogP contribution in [0.3, 0.4) is 0 Å². The summed E-state index contributed by atoms with van der Waals surface area (Å²) in [5, 5.41) is 16.1. The second-order valence-electron chi connectivity index (χ2n) is 6.01. The van der Waals surface area contributed by atoms with E-state index in [-0.39, 0.29) is 12.6 Å². The van der Waals surface area contributed by atoms with Gasteiger partial charge in [-0.2, -0.15) is 0 Å². The molecule has 1 aliphatic heterocycles. The summed E-state index contributed by atoms with van der Waals surface area (Å²) in [6, 6.07) is 5.50. The van der Waals surface area contributed by atoms with Crippen LogP contribution >= 0.6 is 0 Å². The van der Waals surface area contributed by atoms with Crippen LogP contribution in [0.1, 0.15) is 50.7 Å². The Bertz CT molecular complexity index is 511. The third-order valence-electron chi connectivity index (χ3n) is 3.99. The standard InChI is InChI=1S/C17H26N2O3/c1-3-7-17(21,8-4-2)12-18-16(20)19-15-6-5-13-10-22-11-14(13)9-15/h5-6,9,21H,3-4,7-8,10-12H2,1-2H3,(H2,18,19,20). The number of carbonyl (C=O) groups excluding carboxylic acids is 1. The third kappa shape index (κ3) is 4.45. The Labute approximate surface area is 132 Å². The lowest BCUT2D eigenvalue weighted by atomic mass is 9.93. The van der Waals surface area contributed by atoms with Crippen molar-refractivity contribution in [2.24, 2.45) is 0 Å². The van der Waals surface area contributed by atoms with Gasteiger partial charge in [-0.3, -0.25) is 0 Å². The molecule has 0 atom stereocenters. The minimum absolute atomic E-state index is 0.272. The first kappa shape index (κ1) is 16.8. The maximum Gasteiger partial charge on any atom is 0.319 e. The fraction of sp³-hybridized carbons (Fsp3) is 0.588. The van der Waals surface area contributed by atoms with Gasteiger partial charge < -0.3 is 20.5 Å². The summed E-state index contributed by atoms with van der Waals surface area (Å²) in [5.74, 6) is 0. The van der Waals surface area contributed by atoms with Crippen molar-refractivity contribution in [2.45, 2.75) is 58.3 Å². The van der Waals surface area contributed by atoms with E-state index >= 15 is 0 Å². The minimum atomic E-state index is -0.813. The molecular formula is C17H26N2O3. The summed E-state index contributed by atoms with van der Waals surface area (Å²) < 4.78 is 5.36. The summed E-state index contributed by atoms with van der Waals surface area (Å²) >= 11 is 0. The SMILES string of the molecule is CCCC(O)(CCC)CNC(=O)Nc1ccc2c(c1)COC2. The van der Waals surface area contributed by atoms with Crippen LogP contribution in [-0.2, 0) is 18.0 Å². The zero-order valence-electron chi connectivity index (χ0n) is 13.4. The van der Waals surface area contributed by atoms with Gasteiger partial charge in [-0.05, 0) is 36.1 Å². The minimum Gasteiger partial charge on any atom is -0.388 e. The topological polar surface area (TPSA) is 70.6 Å². The molecule has 1 aromatic rings. The predicted octanol–water partition coefficient (Wildman–Crippen LogP) is 3.17. The van der Waals surface area contributed by atoms with E-state index < -0.39 is 5.60 Å². The summed E-state index contributed by atoms with van der Waals surface area (Å²) in [5.41, 5.74) is 2.22. The van der Waals surface area contributed by atoms with E-state index in [0.29, 0.717) is 26.1 Å². The van der Waals surface area contributed by atoms with Gasteiger partial charge in [-0.15, -0.1) is 0 Å². The number of benzene rings is 1. The Kier molecular flexibility index (Phi) is 5.80. The molecule has 0 unspecified atom stereocenters. The van der Waals surface area contributed by atoms with Gasteiger partial charge in [0.2, 0.25) is 0 Å². The number of amides is 2. The van der Waals surface area contributed by atoms with Gasteiger partial charge in [0.1, 0.15) is 0 Å². The van der Waals surface area contributed by atoms with Gasteiger partial charge in [0.15, 0.2) is 0 Å². The van der Waals surface area contributed by atoms with Gasteiger partial charge >= 0.3 is 6.03 Å². The molecule has 2 rings (SSSR count). The second kappa shape index (κ2) is 7.61. The van der Waals surface area contributed by atoms with Gasteiger partial charge in [0.25, 0.3) is 0 Å². The Morgan fingerprint density at radius 2 is 1.91 bits per heavy atom. The highest BCUT2D eigenvalue weighted by molar-refractivity contribution is 5.89. The molecule has 2 amide bonds. The molecular weight excluding hydrogens is 280 g/mol. The van der Waals surface area contributed by atoms with E-state index in [1.165, 1.54) is 5.56 Å². The normalized spacial score (nSPS) is 13.8. The van der Waals surface area contributed by atoms with Crippen LogP contribution in [0.15, 0.2) is 18.2 Å². The number of fused-ring (bicyclic) bond motifs is 1. The average Bonchev–Trinajstić information content (AvgIpc) is 2.93. The largest absolute Gasteiger partial charge is 0.388 e. The molecule has 0 aliphatic carbocycles. The molecule has 0 saturated heterocycles. The Morgan fingerprint density at radius 3 is 2.59 bits per heavy atom. The van der Waals surface area contributed by atoms with E-state index in [9.17, 15) is 9.90 Å². The molecule has 0 saturated carbocycles. The van der Waals surface area contributed by atoms with Crippen LogP contribution in [0, 0.1) is 0 Å². The van der Waals surface area contributed by atoms with Gasteiger partial charge in [0, 0.05) is 12.2 Å². The number of rotatable bonds is 7. The lowest BCUT2D eigenvalue weighted by molar-refractivity contribution is 0.0245. The van der Waals surface area contributed by atoms with Gasteiger partial charge in [0.05, 0.1) is 18.8 Å². The quantitative estimate of drug-likeness (QED) is 0.724. The number of anilines is 1. The van der Waals surface area contributed by atoms with Gasteiger partial charge in [-0.1, -0.05) is 32.8 Å². The van der Waals surface area contributed by atoms with Crippen LogP contribution in [0.25, 0.3) is 0 Å². The molecule has 1 aliphatic rings. The zero-order chi connectivity index (χ0) is 16.0. The summed E-state index contributed by atoms with van der Waals surface area (Å²) in [6.45, 7) is 5.58. The van der Waals surface area contributed by atoms with Crippen molar-refractivity contribution in [3.05, 3.63) is 29.3 Å². The van der Waals surface area contributed by atoms with Crippen molar-refractivity contribution in [3.8, 4) is 0 Å². The van der Waals surface area contributed by atoms with E-state index in [2.05, 4.69) is 10.6 Å². The van der Waals surface area contributed by atoms with Crippen molar-refractivity contribution >= 4 is 11.7 Å². The number of hydrogen-bond donors (Lipinski definition) is 3. The first-order valence-corrected chi connectivity index (χ1v) is 8.03. The molecule has 22 heavy (non-hydrogen) atoms. The number of hydrogen-bond acceptors (Lipinski definition) is 3. The Hall–Kier alpha value is -1.59. The van der Waals surface area contributed by atoms with Crippen molar-refractivity contribution in [3.63, 3.8) is 0 Å². The van der Waals surface area contributed by atoms with E-state index in [0.717, 1.165) is 24.1 Å². The zero-order valence-corrected chi connectivity index (χ0v) is 13.4. The van der Waals surface area contributed by atoms with Crippen molar-refractivity contribution < 1.29 is 14.6 Å². The number of ether oxygens (including phenoxy) is 1. The molecule has 0 bridgehead atoms. The predicted molar refractivity (Wildman–Crippen MR) is 86.7 cm³/mol. The molecule has 3 N–H and O–H groups in total. The fourth-order valence-corrected chi connectivity index (χ4v) is 2.90. The third-order valence-corrected chi connectivity index (χ3v) is 3.99. The highest BCUT2D eigenvalue weighted by Gasteiger charge is 2.25. The Morgan fingerprint density at radius 1 is 1.23 bits per heavy atom. The molecule has 0 radical (unpaired) electrons. The molecule has 0 aromatic heterocycles. The van der Waals surface area contributed by atoms with Crippen LogP contribution in [0.5, 0.6) is 0 Å². The lowest BCUT2D eigenvalue weighted by Gasteiger charge is -2.27. The molecule has 122 valence electrons. The van der Waals surface area contributed by atoms with Crippen LogP contribution in [0.4, 0.5) is 10.5 Å².